The Kier molecular flexibility index (Phi) is 3.13. The summed E-state index contributed by atoms with van der Waals surface area (Å²) in [4.78, 5) is 0. The highest BCUT2D eigenvalue weighted by molar-refractivity contribution is 5.62. The van der Waals surface area contributed by atoms with Crippen molar-refractivity contribution >= 4 is 5.82 Å². The number of halogens is 1. The van der Waals surface area contributed by atoms with E-state index in [9.17, 15) is 4.39 Å². The first kappa shape index (κ1) is 11.6. The molecule has 1 heterocycles. The molecule has 17 heavy (non-hydrogen) atoms. The zero-order valence-electron chi connectivity index (χ0n) is 10.0. The minimum atomic E-state index is -0.247. The third-order valence-corrected chi connectivity index (χ3v) is 2.91. The average Bonchev–Trinajstić information content (AvgIpc) is 2.71. The summed E-state index contributed by atoms with van der Waals surface area (Å²) in [5, 5.41) is 4.45. The SMILES string of the molecule is CCC(C)n1nc(-c2ccc(F)cc2)cc1N. The molecular weight excluding hydrogens is 217 g/mol. The second-order valence-corrected chi connectivity index (χ2v) is 4.16. The van der Waals surface area contributed by atoms with E-state index in [1.807, 2.05) is 6.07 Å². The van der Waals surface area contributed by atoms with E-state index in [4.69, 9.17) is 5.73 Å². The van der Waals surface area contributed by atoms with E-state index in [2.05, 4.69) is 18.9 Å². The molecule has 0 saturated heterocycles. The molecule has 4 heteroatoms. The second kappa shape index (κ2) is 4.57. The number of nitrogens with two attached hydrogens (primary N) is 1. The Bertz CT molecular complexity index is 502. The number of hydrogen-bond donors (Lipinski definition) is 1. The summed E-state index contributed by atoms with van der Waals surface area (Å²) in [6.45, 7) is 4.15. The first-order valence-electron chi connectivity index (χ1n) is 5.72. The Hall–Kier alpha value is -1.84. The predicted molar refractivity (Wildman–Crippen MR) is 67.0 cm³/mol. The van der Waals surface area contributed by atoms with E-state index in [0.717, 1.165) is 17.7 Å². The molecular formula is C13H16FN3. The Morgan fingerprint density at radius 1 is 1.35 bits per heavy atom. The quantitative estimate of drug-likeness (QED) is 0.884. The van der Waals surface area contributed by atoms with Crippen molar-refractivity contribution in [3.63, 3.8) is 0 Å². The number of rotatable bonds is 3. The third kappa shape index (κ3) is 2.30. The van der Waals surface area contributed by atoms with Gasteiger partial charge in [0.15, 0.2) is 0 Å². The lowest BCUT2D eigenvalue weighted by Crippen LogP contribution is -2.08. The van der Waals surface area contributed by atoms with Crippen molar-refractivity contribution in [2.45, 2.75) is 26.3 Å². The number of benzene rings is 1. The zero-order chi connectivity index (χ0) is 12.4. The normalized spacial score (nSPS) is 12.6. The van der Waals surface area contributed by atoms with Crippen LogP contribution in [-0.2, 0) is 0 Å². The van der Waals surface area contributed by atoms with Crippen LogP contribution < -0.4 is 5.73 Å². The van der Waals surface area contributed by atoms with Gasteiger partial charge >= 0.3 is 0 Å². The average molecular weight is 233 g/mol. The molecule has 0 saturated carbocycles. The van der Waals surface area contributed by atoms with Crippen LogP contribution in [0.1, 0.15) is 26.3 Å². The standard InChI is InChI=1S/C13H16FN3/c1-3-9(2)17-13(15)8-12(16-17)10-4-6-11(14)7-5-10/h4-9H,3,15H2,1-2H3. The van der Waals surface area contributed by atoms with Crippen LogP contribution in [-0.4, -0.2) is 9.78 Å². The van der Waals surface area contributed by atoms with Crippen molar-refractivity contribution in [3.05, 3.63) is 36.1 Å². The maximum absolute atomic E-state index is 12.8. The Morgan fingerprint density at radius 2 is 2.00 bits per heavy atom. The Balaban J connectivity index is 2.37. The third-order valence-electron chi connectivity index (χ3n) is 2.91. The summed E-state index contributed by atoms with van der Waals surface area (Å²) in [5.41, 5.74) is 7.57. The van der Waals surface area contributed by atoms with Crippen LogP contribution in [0.4, 0.5) is 10.2 Å². The summed E-state index contributed by atoms with van der Waals surface area (Å²) in [6.07, 6.45) is 0.967. The lowest BCUT2D eigenvalue weighted by atomic mass is 10.1. The molecule has 1 aromatic heterocycles. The van der Waals surface area contributed by atoms with Crippen LogP contribution in [0.5, 0.6) is 0 Å². The maximum Gasteiger partial charge on any atom is 0.123 e. The summed E-state index contributed by atoms with van der Waals surface area (Å²) >= 11 is 0. The molecule has 0 bridgehead atoms. The van der Waals surface area contributed by atoms with E-state index >= 15 is 0 Å². The molecule has 3 nitrogen and oxygen atoms in total. The highest BCUT2D eigenvalue weighted by Crippen LogP contribution is 2.23. The molecule has 0 aliphatic rings. The van der Waals surface area contributed by atoms with Crippen LogP contribution in [0.25, 0.3) is 11.3 Å². The van der Waals surface area contributed by atoms with Gasteiger partial charge in [-0.3, -0.25) is 0 Å². The van der Waals surface area contributed by atoms with Crippen molar-refractivity contribution < 1.29 is 4.39 Å². The van der Waals surface area contributed by atoms with Crippen LogP contribution in [0.15, 0.2) is 30.3 Å². The van der Waals surface area contributed by atoms with Gasteiger partial charge in [0.2, 0.25) is 0 Å². The Morgan fingerprint density at radius 3 is 2.59 bits per heavy atom. The Labute approximate surface area is 100 Å². The van der Waals surface area contributed by atoms with E-state index in [-0.39, 0.29) is 11.9 Å². The topological polar surface area (TPSA) is 43.8 Å². The maximum atomic E-state index is 12.8. The zero-order valence-corrected chi connectivity index (χ0v) is 10.0. The van der Waals surface area contributed by atoms with E-state index in [1.54, 1.807) is 16.8 Å². The van der Waals surface area contributed by atoms with E-state index in [1.165, 1.54) is 12.1 Å². The number of anilines is 1. The van der Waals surface area contributed by atoms with Crippen LogP contribution >= 0.6 is 0 Å². The van der Waals surface area contributed by atoms with Gasteiger partial charge in [0.05, 0.1) is 11.7 Å². The predicted octanol–water partition coefficient (Wildman–Crippen LogP) is 3.24. The van der Waals surface area contributed by atoms with E-state index < -0.39 is 0 Å². The van der Waals surface area contributed by atoms with Crippen molar-refractivity contribution in [2.24, 2.45) is 0 Å². The smallest absolute Gasteiger partial charge is 0.123 e. The van der Waals surface area contributed by atoms with Crippen molar-refractivity contribution in [1.82, 2.24) is 9.78 Å². The minimum absolute atomic E-state index is 0.247. The minimum Gasteiger partial charge on any atom is -0.384 e. The molecule has 0 fully saturated rings. The number of hydrogen-bond acceptors (Lipinski definition) is 2. The van der Waals surface area contributed by atoms with Crippen molar-refractivity contribution in [2.75, 3.05) is 5.73 Å². The van der Waals surface area contributed by atoms with Gasteiger partial charge in [0.25, 0.3) is 0 Å². The number of nitrogens with zero attached hydrogens (tertiary/aromatic N) is 2. The molecule has 1 aromatic carbocycles. The number of aromatic nitrogens is 2. The van der Waals surface area contributed by atoms with Crippen molar-refractivity contribution in [1.29, 1.82) is 0 Å². The first-order valence-corrected chi connectivity index (χ1v) is 5.72. The van der Waals surface area contributed by atoms with Gasteiger partial charge in [-0.2, -0.15) is 5.10 Å². The van der Waals surface area contributed by atoms with Crippen LogP contribution in [0.3, 0.4) is 0 Å². The lowest BCUT2D eigenvalue weighted by molar-refractivity contribution is 0.486. The highest BCUT2D eigenvalue weighted by atomic mass is 19.1. The molecule has 0 aliphatic heterocycles. The molecule has 2 N–H and O–H groups in total. The molecule has 0 spiro atoms. The second-order valence-electron chi connectivity index (χ2n) is 4.16. The fraction of sp³-hybridized carbons (Fsp3) is 0.308. The van der Waals surface area contributed by atoms with Gasteiger partial charge in [0.1, 0.15) is 11.6 Å². The van der Waals surface area contributed by atoms with Gasteiger partial charge in [-0.1, -0.05) is 6.92 Å². The summed E-state index contributed by atoms with van der Waals surface area (Å²) in [6, 6.07) is 8.35. The number of nitrogen functional groups attached to an aromatic ring is 1. The molecule has 0 radical (unpaired) electrons. The fourth-order valence-electron chi connectivity index (χ4n) is 1.70. The summed E-state index contributed by atoms with van der Waals surface area (Å²) in [7, 11) is 0. The van der Waals surface area contributed by atoms with Gasteiger partial charge in [-0.05, 0) is 37.6 Å². The molecule has 1 unspecified atom stereocenters. The van der Waals surface area contributed by atoms with Gasteiger partial charge in [-0.25, -0.2) is 9.07 Å². The fourth-order valence-corrected chi connectivity index (χ4v) is 1.70. The van der Waals surface area contributed by atoms with Gasteiger partial charge in [-0.15, -0.1) is 0 Å². The van der Waals surface area contributed by atoms with Gasteiger partial charge in [0, 0.05) is 11.6 Å². The van der Waals surface area contributed by atoms with Crippen LogP contribution in [0.2, 0.25) is 0 Å². The van der Waals surface area contributed by atoms with Crippen molar-refractivity contribution in [3.8, 4) is 11.3 Å². The summed E-state index contributed by atoms with van der Waals surface area (Å²) in [5.74, 6) is 0.391. The van der Waals surface area contributed by atoms with Crippen LogP contribution in [0, 0.1) is 5.82 Å². The lowest BCUT2D eigenvalue weighted by Gasteiger charge is -2.10. The summed E-state index contributed by atoms with van der Waals surface area (Å²) < 4.78 is 14.6. The largest absolute Gasteiger partial charge is 0.384 e. The molecule has 2 rings (SSSR count). The highest BCUT2D eigenvalue weighted by Gasteiger charge is 2.11. The molecule has 2 aromatic rings. The molecule has 90 valence electrons. The first-order chi connectivity index (χ1) is 8.11. The van der Waals surface area contributed by atoms with Gasteiger partial charge < -0.3 is 5.73 Å². The monoisotopic (exact) mass is 233 g/mol. The molecule has 1 atom stereocenters. The van der Waals surface area contributed by atoms with E-state index in [0.29, 0.717) is 5.82 Å². The molecule has 0 aliphatic carbocycles. The molecule has 0 amide bonds.